The number of amidine groups is 1. The summed E-state index contributed by atoms with van der Waals surface area (Å²) in [5.41, 5.74) is 6.80. The summed E-state index contributed by atoms with van der Waals surface area (Å²) in [6.07, 6.45) is -0.110. The van der Waals surface area contributed by atoms with Crippen molar-refractivity contribution < 1.29 is 14.7 Å². The number of oxime groups is 1. The van der Waals surface area contributed by atoms with Crippen molar-refractivity contribution in [1.82, 2.24) is 4.90 Å². The summed E-state index contributed by atoms with van der Waals surface area (Å²) >= 11 is 5.82. The van der Waals surface area contributed by atoms with E-state index < -0.39 is 6.10 Å². The number of aliphatic hydroxyl groups excluding tert-OH is 1. The fraction of sp³-hybridized carbons (Fsp3) is 0.533. The van der Waals surface area contributed by atoms with Crippen LogP contribution in [-0.2, 0) is 16.0 Å². The molecule has 0 saturated carbocycles. The highest BCUT2D eigenvalue weighted by Gasteiger charge is 2.15. The lowest BCUT2D eigenvalue weighted by Crippen LogP contribution is -2.42. The molecule has 1 aromatic rings. The zero-order valence-corrected chi connectivity index (χ0v) is 13.2. The van der Waals surface area contributed by atoms with Gasteiger partial charge in [-0.05, 0) is 17.7 Å². The molecule has 0 radical (unpaired) electrons. The van der Waals surface area contributed by atoms with E-state index in [1.165, 1.54) is 0 Å². The lowest BCUT2D eigenvalue weighted by atomic mass is 10.1. The lowest BCUT2D eigenvalue weighted by molar-refractivity contribution is -0.0132. The Morgan fingerprint density at radius 2 is 2.05 bits per heavy atom. The summed E-state index contributed by atoms with van der Waals surface area (Å²) in [6, 6.07) is 7.38. The zero-order chi connectivity index (χ0) is 15.8. The van der Waals surface area contributed by atoms with Gasteiger partial charge in [0, 0.05) is 31.1 Å². The van der Waals surface area contributed by atoms with Crippen molar-refractivity contribution in [2.75, 3.05) is 39.5 Å². The SMILES string of the molecule is N/C(Cc1ccc(Cl)cc1)=N\OCC(O)CN1CCOCC1. The molecule has 1 atom stereocenters. The molecule has 0 bridgehead atoms. The highest BCUT2D eigenvalue weighted by molar-refractivity contribution is 6.30. The maximum Gasteiger partial charge on any atom is 0.144 e. The third kappa shape index (κ3) is 6.19. The second kappa shape index (κ2) is 8.95. The van der Waals surface area contributed by atoms with Crippen molar-refractivity contribution in [3.05, 3.63) is 34.9 Å². The number of benzene rings is 1. The minimum atomic E-state index is -0.592. The zero-order valence-electron chi connectivity index (χ0n) is 12.4. The molecule has 1 unspecified atom stereocenters. The molecule has 0 amide bonds. The average molecular weight is 328 g/mol. The molecule has 0 spiro atoms. The normalized spacial score (nSPS) is 18.2. The lowest BCUT2D eigenvalue weighted by Gasteiger charge is -2.28. The average Bonchev–Trinajstić information content (AvgIpc) is 2.50. The number of nitrogens with two attached hydrogens (primary N) is 1. The van der Waals surface area contributed by atoms with E-state index in [-0.39, 0.29) is 6.61 Å². The fourth-order valence-corrected chi connectivity index (χ4v) is 2.31. The van der Waals surface area contributed by atoms with Crippen molar-refractivity contribution in [2.45, 2.75) is 12.5 Å². The molecule has 1 fully saturated rings. The van der Waals surface area contributed by atoms with Gasteiger partial charge >= 0.3 is 0 Å². The van der Waals surface area contributed by atoms with Crippen molar-refractivity contribution in [2.24, 2.45) is 10.9 Å². The van der Waals surface area contributed by atoms with Crippen molar-refractivity contribution >= 4 is 17.4 Å². The van der Waals surface area contributed by atoms with Crippen molar-refractivity contribution in [1.29, 1.82) is 0 Å². The van der Waals surface area contributed by atoms with E-state index in [0.29, 0.717) is 37.0 Å². The van der Waals surface area contributed by atoms with Crippen LogP contribution in [0.15, 0.2) is 29.4 Å². The molecule has 0 aliphatic carbocycles. The Morgan fingerprint density at radius 3 is 2.73 bits per heavy atom. The molecule has 2 rings (SSSR count). The largest absolute Gasteiger partial charge is 0.392 e. The molecule has 22 heavy (non-hydrogen) atoms. The quantitative estimate of drug-likeness (QED) is 0.441. The molecule has 0 aromatic heterocycles. The predicted molar refractivity (Wildman–Crippen MR) is 86.0 cm³/mol. The van der Waals surface area contributed by atoms with E-state index in [1.54, 1.807) is 12.1 Å². The van der Waals surface area contributed by atoms with Gasteiger partial charge in [0.1, 0.15) is 18.5 Å². The van der Waals surface area contributed by atoms with Gasteiger partial charge in [-0.1, -0.05) is 28.9 Å². The Kier molecular flexibility index (Phi) is 6.92. The first-order valence-corrected chi connectivity index (χ1v) is 7.68. The smallest absolute Gasteiger partial charge is 0.144 e. The number of aliphatic hydroxyl groups is 1. The first kappa shape index (κ1) is 17.0. The minimum Gasteiger partial charge on any atom is -0.392 e. The van der Waals surface area contributed by atoms with Crippen LogP contribution in [0.25, 0.3) is 0 Å². The van der Waals surface area contributed by atoms with Crippen molar-refractivity contribution in [3.63, 3.8) is 0 Å². The van der Waals surface area contributed by atoms with E-state index in [4.69, 9.17) is 26.9 Å². The van der Waals surface area contributed by atoms with Crippen LogP contribution in [0.3, 0.4) is 0 Å². The standard InChI is InChI=1S/C15H22ClN3O3/c16-13-3-1-12(2-4-13)9-15(17)18-22-11-14(20)10-19-5-7-21-8-6-19/h1-4,14,20H,5-11H2,(H2,17,18). The minimum absolute atomic E-state index is 0.124. The molecule has 1 heterocycles. The Hall–Kier alpha value is -1.34. The van der Waals surface area contributed by atoms with Gasteiger partial charge in [0.25, 0.3) is 0 Å². The van der Waals surface area contributed by atoms with Gasteiger partial charge in [-0.3, -0.25) is 4.90 Å². The Morgan fingerprint density at radius 1 is 1.36 bits per heavy atom. The number of rotatable bonds is 7. The molecular weight excluding hydrogens is 306 g/mol. The van der Waals surface area contributed by atoms with E-state index >= 15 is 0 Å². The number of hydrogen-bond donors (Lipinski definition) is 2. The summed E-state index contributed by atoms with van der Waals surface area (Å²) in [6.45, 7) is 3.76. The second-order valence-electron chi connectivity index (χ2n) is 5.25. The summed E-state index contributed by atoms with van der Waals surface area (Å²) in [5.74, 6) is 0.362. The number of morpholine rings is 1. The number of hydrogen-bond acceptors (Lipinski definition) is 5. The van der Waals surface area contributed by atoms with E-state index in [2.05, 4.69) is 10.1 Å². The van der Waals surface area contributed by atoms with Crippen LogP contribution in [0.2, 0.25) is 5.02 Å². The van der Waals surface area contributed by atoms with Crippen LogP contribution >= 0.6 is 11.6 Å². The summed E-state index contributed by atoms with van der Waals surface area (Å²) in [5, 5.41) is 14.4. The van der Waals surface area contributed by atoms with E-state index in [1.807, 2.05) is 12.1 Å². The summed E-state index contributed by atoms with van der Waals surface area (Å²) < 4.78 is 5.26. The highest BCUT2D eigenvalue weighted by atomic mass is 35.5. The van der Waals surface area contributed by atoms with Crippen LogP contribution in [0.5, 0.6) is 0 Å². The summed E-state index contributed by atoms with van der Waals surface area (Å²) in [4.78, 5) is 7.26. The number of ether oxygens (including phenoxy) is 1. The Balaban J connectivity index is 1.68. The van der Waals surface area contributed by atoms with E-state index in [9.17, 15) is 5.11 Å². The van der Waals surface area contributed by atoms with Gasteiger partial charge in [0.15, 0.2) is 0 Å². The van der Waals surface area contributed by atoms with Crippen LogP contribution in [-0.4, -0.2) is 61.4 Å². The third-order valence-electron chi connectivity index (χ3n) is 3.32. The van der Waals surface area contributed by atoms with Gasteiger partial charge in [0.05, 0.1) is 13.2 Å². The van der Waals surface area contributed by atoms with Gasteiger partial charge in [0.2, 0.25) is 0 Å². The molecular formula is C15H22ClN3O3. The fourth-order valence-electron chi connectivity index (χ4n) is 2.18. The van der Waals surface area contributed by atoms with Gasteiger partial charge < -0.3 is 20.4 Å². The predicted octanol–water partition coefficient (Wildman–Crippen LogP) is 0.864. The molecule has 122 valence electrons. The molecule has 7 heteroatoms. The monoisotopic (exact) mass is 327 g/mol. The number of β-amino-alcohol motifs (C(OH)–C–C–N with tert-alkyl or cyclic N) is 1. The molecule has 1 aliphatic rings. The Bertz CT molecular complexity index is 475. The van der Waals surface area contributed by atoms with Gasteiger partial charge in [-0.25, -0.2) is 0 Å². The maximum absolute atomic E-state index is 9.90. The molecule has 3 N–H and O–H groups in total. The van der Waals surface area contributed by atoms with Gasteiger partial charge in [-0.15, -0.1) is 0 Å². The number of halogens is 1. The molecule has 1 aromatic carbocycles. The Labute approximate surface area is 135 Å². The van der Waals surface area contributed by atoms with Crippen LogP contribution in [0.1, 0.15) is 5.56 Å². The molecule has 1 saturated heterocycles. The van der Waals surface area contributed by atoms with E-state index in [0.717, 1.165) is 18.7 Å². The van der Waals surface area contributed by atoms with Crippen LogP contribution in [0.4, 0.5) is 0 Å². The maximum atomic E-state index is 9.90. The van der Waals surface area contributed by atoms with Gasteiger partial charge in [-0.2, -0.15) is 0 Å². The molecule has 6 nitrogen and oxygen atoms in total. The summed E-state index contributed by atoms with van der Waals surface area (Å²) in [7, 11) is 0. The van der Waals surface area contributed by atoms with Crippen LogP contribution in [0, 0.1) is 0 Å². The first-order valence-electron chi connectivity index (χ1n) is 7.30. The third-order valence-corrected chi connectivity index (χ3v) is 3.57. The number of nitrogens with zero attached hydrogens (tertiary/aromatic N) is 2. The first-order chi connectivity index (χ1) is 10.6. The highest BCUT2D eigenvalue weighted by Crippen LogP contribution is 2.09. The topological polar surface area (TPSA) is 80.3 Å². The molecule has 1 aliphatic heterocycles. The van der Waals surface area contributed by atoms with Crippen LogP contribution < -0.4 is 5.73 Å². The van der Waals surface area contributed by atoms with Crippen molar-refractivity contribution in [3.8, 4) is 0 Å². The second-order valence-corrected chi connectivity index (χ2v) is 5.68.